The minimum Gasteiger partial charge on any atom is -0.507 e. The first-order chi connectivity index (χ1) is 17.0. The molecular formula is C26H34ClFN2O6. The van der Waals surface area contributed by atoms with Gasteiger partial charge in [-0.25, -0.2) is 9.18 Å². The molecule has 1 fully saturated rings. The second-order valence-corrected chi connectivity index (χ2v) is 9.65. The summed E-state index contributed by atoms with van der Waals surface area (Å²) in [5.74, 6) is -0.851. The highest BCUT2D eigenvalue weighted by Gasteiger charge is 2.41. The maximum atomic E-state index is 13.0. The minimum absolute atomic E-state index is 0.0314. The second-order valence-electron chi connectivity index (χ2n) is 9.27. The Morgan fingerprint density at radius 3 is 2.67 bits per heavy atom. The number of nitrogens with zero attached hydrogens (tertiary/aromatic N) is 2. The van der Waals surface area contributed by atoms with E-state index in [0.717, 1.165) is 30.3 Å². The van der Waals surface area contributed by atoms with Crippen molar-refractivity contribution in [3.05, 3.63) is 45.5 Å². The Balaban J connectivity index is 2.33. The lowest BCUT2D eigenvalue weighted by molar-refractivity contribution is -0.142. The molecular weight excluding hydrogens is 491 g/mol. The van der Waals surface area contributed by atoms with E-state index in [1.165, 1.54) is 0 Å². The molecule has 0 bridgehead atoms. The van der Waals surface area contributed by atoms with Gasteiger partial charge in [-0.3, -0.25) is 0 Å². The number of benzene rings is 1. The summed E-state index contributed by atoms with van der Waals surface area (Å²) < 4.78 is 18.1. The molecule has 36 heavy (non-hydrogen) atoms. The van der Waals surface area contributed by atoms with Crippen LogP contribution in [0.25, 0.3) is 0 Å². The monoisotopic (exact) mass is 524 g/mol. The number of carbonyl (C=O) groups is 1. The third-order valence-corrected chi connectivity index (χ3v) is 7.62. The molecule has 1 aromatic rings. The molecule has 0 aliphatic heterocycles. The Hall–Kier alpha value is -3.07. The van der Waals surface area contributed by atoms with E-state index >= 15 is 0 Å². The molecule has 3 N–H and O–H groups in total. The van der Waals surface area contributed by atoms with Crippen LogP contribution in [-0.4, -0.2) is 46.8 Å². The predicted molar refractivity (Wildman–Crippen MR) is 137 cm³/mol. The third kappa shape index (κ3) is 6.57. The number of rotatable bonds is 10. The minimum atomic E-state index is -1.12. The lowest BCUT2D eigenvalue weighted by atomic mass is 9.61. The number of phenols is 1. The van der Waals surface area contributed by atoms with Crippen molar-refractivity contribution in [1.82, 2.24) is 0 Å². The van der Waals surface area contributed by atoms with Gasteiger partial charge in [0.15, 0.2) is 0 Å². The zero-order valence-electron chi connectivity index (χ0n) is 21.2. The van der Waals surface area contributed by atoms with E-state index in [4.69, 9.17) is 31.5 Å². The van der Waals surface area contributed by atoms with Crippen molar-refractivity contribution in [2.75, 3.05) is 13.5 Å². The number of hydrogen-bond donors (Lipinski definition) is 3. The molecule has 0 spiro atoms. The summed E-state index contributed by atoms with van der Waals surface area (Å²) in [4.78, 5) is 15.7. The fourth-order valence-electron chi connectivity index (χ4n) is 4.40. The molecule has 0 amide bonds. The quantitative estimate of drug-likeness (QED) is 0.148. The van der Waals surface area contributed by atoms with E-state index in [-0.39, 0.29) is 45.4 Å². The van der Waals surface area contributed by atoms with Crippen LogP contribution in [0.3, 0.4) is 0 Å². The van der Waals surface area contributed by atoms with Crippen molar-refractivity contribution in [2.24, 2.45) is 27.6 Å². The van der Waals surface area contributed by atoms with Crippen molar-refractivity contribution >= 4 is 29.5 Å². The molecule has 1 aliphatic carbocycles. The Bertz CT molecular complexity index is 1080. The van der Waals surface area contributed by atoms with Gasteiger partial charge >= 0.3 is 5.97 Å². The van der Waals surface area contributed by atoms with Gasteiger partial charge in [-0.15, -0.1) is 0 Å². The molecule has 3 atom stereocenters. The average Bonchev–Trinajstić information content (AvgIpc) is 2.83. The van der Waals surface area contributed by atoms with Crippen molar-refractivity contribution in [2.45, 2.75) is 53.9 Å². The van der Waals surface area contributed by atoms with E-state index < -0.39 is 19.4 Å². The molecule has 0 unspecified atom stereocenters. The maximum Gasteiger partial charge on any atom is 0.344 e. The summed E-state index contributed by atoms with van der Waals surface area (Å²) in [7, 11) is 0. The zero-order valence-corrected chi connectivity index (χ0v) is 22.0. The topological polar surface area (TPSA) is 121 Å². The van der Waals surface area contributed by atoms with Crippen molar-refractivity contribution in [1.29, 1.82) is 0 Å². The molecule has 0 heterocycles. The normalized spacial score (nSPS) is 24.1. The van der Waals surface area contributed by atoms with Crippen LogP contribution in [0.4, 0.5) is 4.39 Å². The number of ether oxygens (including phenoxy) is 1. The molecule has 0 saturated heterocycles. The molecule has 8 nitrogen and oxygen atoms in total. The highest BCUT2D eigenvalue weighted by Crippen LogP contribution is 2.45. The first-order valence-electron chi connectivity index (χ1n) is 11.6. The molecule has 198 valence electrons. The summed E-state index contributed by atoms with van der Waals surface area (Å²) in [6, 6.07) is 0. The van der Waals surface area contributed by atoms with E-state index in [1.807, 2.05) is 19.1 Å². The van der Waals surface area contributed by atoms with Gasteiger partial charge in [-0.2, -0.15) is 0 Å². The first kappa shape index (κ1) is 29.2. The van der Waals surface area contributed by atoms with Crippen LogP contribution in [0.2, 0.25) is 5.02 Å². The summed E-state index contributed by atoms with van der Waals surface area (Å²) in [6.45, 7) is 8.28. The lowest BCUT2D eigenvalue weighted by Crippen LogP contribution is -2.40. The first-order valence-corrected chi connectivity index (χ1v) is 12.0. The Morgan fingerprint density at radius 1 is 1.36 bits per heavy atom. The van der Waals surface area contributed by atoms with Crippen LogP contribution in [0.15, 0.2) is 34.1 Å². The average molecular weight is 525 g/mol. The Labute approximate surface area is 215 Å². The van der Waals surface area contributed by atoms with Gasteiger partial charge in [0, 0.05) is 17.0 Å². The smallest absolute Gasteiger partial charge is 0.344 e. The van der Waals surface area contributed by atoms with E-state index in [0.29, 0.717) is 11.5 Å². The van der Waals surface area contributed by atoms with E-state index in [1.54, 1.807) is 6.92 Å². The molecule has 1 saturated carbocycles. The van der Waals surface area contributed by atoms with Crippen LogP contribution in [-0.2, 0) is 16.1 Å². The van der Waals surface area contributed by atoms with E-state index in [9.17, 15) is 14.3 Å². The van der Waals surface area contributed by atoms with Crippen LogP contribution in [0, 0.1) is 24.2 Å². The molecule has 0 aromatic heterocycles. The zero-order chi connectivity index (χ0) is 27.0. The van der Waals surface area contributed by atoms with Gasteiger partial charge in [-0.1, -0.05) is 66.5 Å². The highest BCUT2D eigenvalue weighted by molar-refractivity contribution is 6.33. The maximum absolute atomic E-state index is 13.0. The number of oxime groups is 2. The van der Waals surface area contributed by atoms with Crippen LogP contribution >= 0.6 is 11.6 Å². The number of alkyl halides is 1. The van der Waals surface area contributed by atoms with Gasteiger partial charge in [0.2, 0.25) is 13.5 Å². The summed E-state index contributed by atoms with van der Waals surface area (Å²) in [5.41, 5.74) is 2.37. The SMILES string of the molecule is CC(/C=C/[C@@]1(C)[C@H](C)CCC(=NOCC(=O)O)[C@@H]1C)=C\Cc1c(O)c(/C=N/O)c(C)c(Cl)c1OCF. The van der Waals surface area contributed by atoms with Crippen LogP contribution in [0.5, 0.6) is 11.5 Å². The number of aromatic hydroxyl groups is 1. The van der Waals surface area contributed by atoms with Crippen LogP contribution < -0.4 is 4.74 Å². The van der Waals surface area contributed by atoms with Crippen molar-refractivity contribution in [3.8, 4) is 11.5 Å². The van der Waals surface area contributed by atoms with Gasteiger partial charge in [-0.05, 0) is 50.0 Å². The summed E-state index contributed by atoms with van der Waals surface area (Å²) in [6.07, 6.45) is 8.84. The number of carboxylic acid groups (broad SMARTS) is 1. The molecule has 1 aliphatic rings. The number of phenolic OH excluding ortho intramolecular Hbond substituents is 1. The molecule has 10 heteroatoms. The fraction of sp³-hybridized carbons (Fsp3) is 0.500. The largest absolute Gasteiger partial charge is 0.507 e. The number of aliphatic carboxylic acids is 1. The Kier molecular flexibility index (Phi) is 10.3. The number of allylic oxidation sites excluding steroid dienone is 4. The van der Waals surface area contributed by atoms with Crippen molar-refractivity contribution in [3.63, 3.8) is 0 Å². The van der Waals surface area contributed by atoms with Crippen LogP contribution in [0.1, 0.15) is 57.2 Å². The van der Waals surface area contributed by atoms with Crippen molar-refractivity contribution < 1.29 is 34.2 Å². The van der Waals surface area contributed by atoms with Gasteiger partial charge in [0.1, 0.15) is 11.5 Å². The summed E-state index contributed by atoms with van der Waals surface area (Å²) >= 11 is 6.35. The highest BCUT2D eigenvalue weighted by atomic mass is 35.5. The Morgan fingerprint density at radius 2 is 2.06 bits per heavy atom. The van der Waals surface area contributed by atoms with E-state index in [2.05, 4.69) is 37.2 Å². The van der Waals surface area contributed by atoms with Gasteiger partial charge in [0.05, 0.1) is 16.9 Å². The number of carboxylic acids is 1. The van der Waals surface area contributed by atoms with Gasteiger partial charge < -0.3 is 25.0 Å². The molecule has 2 rings (SSSR count). The standard InChI is InChI=1S/C26H34ClFN2O6/c1-15(6-8-19-24(33)20(12-29-34)17(3)23(27)25(19)35-14-28)10-11-26(5)16(2)7-9-21(18(26)4)30-36-13-22(31)32/h6,10-12,16,18,33-34H,7-9,13-14H2,1-5H3,(H,31,32)/b11-10+,15-6+,29-12+,30-21?/t16-,18+,26+/m1/s1. The number of hydrogen-bond acceptors (Lipinski definition) is 7. The predicted octanol–water partition coefficient (Wildman–Crippen LogP) is 6.04. The third-order valence-electron chi connectivity index (χ3n) is 7.16. The molecule has 1 aromatic carbocycles. The fourth-order valence-corrected chi connectivity index (χ4v) is 4.67. The second kappa shape index (κ2) is 12.8. The lowest BCUT2D eigenvalue weighted by Gasteiger charge is -2.43. The summed E-state index contributed by atoms with van der Waals surface area (Å²) in [5, 5.41) is 35.7. The number of halogens is 2. The molecule has 0 radical (unpaired) electrons. The van der Waals surface area contributed by atoms with Gasteiger partial charge in [0.25, 0.3) is 0 Å².